The van der Waals surface area contributed by atoms with Crippen molar-refractivity contribution in [3.63, 3.8) is 0 Å². The van der Waals surface area contributed by atoms with Gasteiger partial charge in [-0.1, -0.05) is 61.9 Å². The normalized spacial score (nSPS) is 15.9. The Morgan fingerprint density at radius 2 is 1.86 bits per heavy atom. The monoisotopic (exact) mass is 533 g/mol. The summed E-state index contributed by atoms with van der Waals surface area (Å²) in [5.74, 6) is -0.150. The zero-order chi connectivity index (χ0) is 26.2. The second-order valence-corrected chi connectivity index (χ2v) is 12.9. The molecule has 1 amide bonds. The number of thiophene rings is 1. The summed E-state index contributed by atoms with van der Waals surface area (Å²) in [6.45, 7) is 6.54. The lowest BCUT2D eigenvalue weighted by Gasteiger charge is -2.37. The summed E-state index contributed by atoms with van der Waals surface area (Å²) in [6.07, 6.45) is 2.36. The van der Waals surface area contributed by atoms with Crippen LogP contribution in [-0.2, 0) is 21.2 Å². The second-order valence-electron chi connectivity index (χ2n) is 9.97. The van der Waals surface area contributed by atoms with Crippen molar-refractivity contribution in [1.82, 2.24) is 14.2 Å². The van der Waals surface area contributed by atoms with Crippen LogP contribution in [0.25, 0.3) is 10.9 Å². The van der Waals surface area contributed by atoms with Crippen molar-refractivity contribution in [2.45, 2.75) is 38.1 Å². The molecule has 0 aliphatic carbocycles. The maximum absolute atomic E-state index is 14.0. The van der Waals surface area contributed by atoms with Crippen LogP contribution in [0, 0.1) is 12.8 Å². The Morgan fingerprint density at radius 3 is 2.62 bits per heavy atom. The van der Waals surface area contributed by atoms with Crippen molar-refractivity contribution in [2.24, 2.45) is 5.92 Å². The lowest BCUT2D eigenvalue weighted by atomic mass is 9.92. The number of carbonyl (C=O) groups excluding carboxylic acids is 1. The van der Waals surface area contributed by atoms with Crippen LogP contribution in [0.1, 0.15) is 41.5 Å². The van der Waals surface area contributed by atoms with E-state index >= 15 is 0 Å². The number of fused-ring (bicyclic) bond motifs is 2. The molecule has 0 saturated carbocycles. The smallest absolute Gasteiger partial charge is 0.245 e. The molecule has 0 bridgehead atoms. The van der Waals surface area contributed by atoms with E-state index in [1.165, 1.54) is 9.18 Å². The molecule has 0 fully saturated rings. The van der Waals surface area contributed by atoms with Gasteiger partial charge in [0.2, 0.25) is 15.9 Å². The first-order valence-electron chi connectivity index (χ1n) is 12.5. The minimum absolute atomic E-state index is 0.0447. The zero-order valence-electron chi connectivity index (χ0n) is 21.3. The summed E-state index contributed by atoms with van der Waals surface area (Å²) in [4.78, 5) is 21.5. The lowest BCUT2D eigenvalue weighted by Crippen LogP contribution is -2.47. The third-order valence-corrected chi connectivity index (χ3v) is 9.61. The first-order valence-corrected chi connectivity index (χ1v) is 14.8. The average molecular weight is 534 g/mol. The Hall–Kier alpha value is -3.07. The van der Waals surface area contributed by atoms with Gasteiger partial charge in [0.1, 0.15) is 4.90 Å². The van der Waals surface area contributed by atoms with Crippen LogP contribution < -0.4 is 0 Å². The zero-order valence-corrected chi connectivity index (χ0v) is 22.9. The molecule has 0 spiro atoms. The number of aromatic nitrogens is 1. The van der Waals surface area contributed by atoms with Crippen molar-refractivity contribution in [3.05, 3.63) is 93.8 Å². The number of carbonyl (C=O) groups is 1. The number of sulfonamides is 1. The Labute approximate surface area is 222 Å². The van der Waals surface area contributed by atoms with Gasteiger partial charge in [0.25, 0.3) is 0 Å². The molecule has 1 unspecified atom stereocenters. The molecule has 0 saturated heterocycles. The van der Waals surface area contributed by atoms with Crippen LogP contribution in [0.3, 0.4) is 0 Å². The van der Waals surface area contributed by atoms with E-state index in [1.54, 1.807) is 35.7 Å². The Kier molecular flexibility index (Phi) is 7.16. The SMILES string of the molecule is Cc1ccc(C2c3ccsc3CCN2C(=O)CN(CC(C)C)S(=O)(=O)c2cccc3cccnc23)cc1. The molecule has 192 valence electrons. The predicted octanol–water partition coefficient (Wildman–Crippen LogP) is 5.43. The van der Waals surface area contributed by atoms with Crippen molar-refractivity contribution in [2.75, 3.05) is 19.6 Å². The van der Waals surface area contributed by atoms with Crippen LogP contribution in [0.15, 0.2) is 77.1 Å². The number of nitrogens with zero attached hydrogens (tertiary/aromatic N) is 3. The molecule has 1 atom stereocenters. The molecule has 0 radical (unpaired) electrons. The number of pyridine rings is 1. The molecule has 5 rings (SSSR count). The minimum Gasteiger partial charge on any atom is -0.330 e. The van der Waals surface area contributed by atoms with Crippen molar-refractivity contribution >= 4 is 38.2 Å². The van der Waals surface area contributed by atoms with Crippen LogP contribution in [0.2, 0.25) is 0 Å². The van der Waals surface area contributed by atoms with Crippen molar-refractivity contribution in [1.29, 1.82) is 0 Å². The Morgan fingerprint density at radius 1 is 1.11 bits per heavy atom. The highest BCUT2D eigenvalue weighted by molar-refractivity contribution is 7.89. The third kappa shape index (κ3) is 5.06. The van der Waals surface area contributed by atoms with Crippen molar-refractivity contribution < 1.29 is 13.2 Å². The first-order chi connectivity index (χ1) is 17.8. The van der Waals surface area contributed by atoms with Crippen LogP contribution in [0.4, 0.5) is 0 Å². The van der Waals surface area contributed by atoms with Gasteiger partial charge < -0.3 is 4.90 Å². The molecule has 0 N–H and O–H groups in total. The van der Waals surface area contributed by atoms with Crippen LogP contribution in [0.5, 0.6) is 0 Å². The van der Waals surface area contributed by atoms with E-state index < -0.39 is 10.0 Å². The molecular formula is C29H31N3O3S2. The highest BCUT2D eigenvalue weighted by Gasteiger charge is 2.36. The summed E-state index contributed by atoms with van der Waals surface area (Å²) in [7, 11) is -3.97. The number of para-hydroxylation sites is 1. The quantitative estimate of drug-likeness (QED) is 0.318. The molecule has 4 aromatic rings. The summed E-state index contributed by atoms with van der Waals surface area (Å²) in [5.41, 5.74) is 3.74. The van der Waals surface area contributed by atoms with E-state index in [2.05, 4.69) is 40.7 Å². The molecule has 1 aliphatic heterocycles. The molecule has 37 heavy (non-hydrogen) atoms. The van der Waals surface area contributed by atoms with E-state index in [-0.39, 0.29) is 35.9 Å². The summed E-state index contributed by atoms with van der Waals surface area (Å²) >= 11 is 1.71. The lowest BCUT2D eigenvalue weighted by molar-refractivity contribution is -0.133. The fourth-order valence-corrected chi connectivity index (χ4v) is 7.64. The summed E-state index contributed by atoms with van der Waals surface area (Å²) in [5, 5.41) is 2.82. The summed E-state index contributed by atoms with van der Waals surface area (Å²) < 4.78 is 29.3. The molecule has 6 nitrogen and oxygen atoms in total. The van der Waals surface area contributed by atoms with E-state index in [9.17, 15) is 13.2 Å². The highest BCUT2D eigenvalue weighted by atomic mass is 32.2. The molecule has 2 aromatic carbocycles. The number of hydrogen-bond donors (Lipinski definition) is 0. The van der Waals surface area contributed by atoms with E-state index in [0.717, 1.165) is 28.5 Å². The topological polar surface area (TPSA) is 70.6 Å². The van der Waals surface area contributed by atoms with Gasteiger partial charge in [-0.15, -0.1) is 11.3 Å². The van der Waals surface area contributed by atoms with Gasteiger partial charge in [-0.05, 0) is 54.0 Å². The van der Waals surface area contributed by atoms with Gasteiger partial charge in [-0.2, -0.15) is 4.31 Å². The van der Waals surface area contributed by atoms with Crippen LogP contribution in [-0.4, -0.2) is 48.1 Å². The molecule has 2 aromatic heterocycles. The third-order valence-electron chi connectivity index (χ3n) is 6.77. The highest BCUT2D eigenvalue weighted by Crippen LogP contribution is 2.38. The number of benzene rings is 2. The number of amides is 1. The average Bonchev–Trinajstić information content (AvgIpc) is 3.36. The fourth-order valence-electron chi connectivity index (χ4n) is 5.01. The molecule has 8 heteroatoms. The first kappa shape index (κ1) is 25.6. The van der Waals surface area contributed by atoms with E-state index in [1.807, 2.05) is 37.8 Å². The maximum atomic E-state index is 14.0. The van der Waals surface area contributed by atoms with E-state index in [0.29, 0.717) is 12.1 Å². The fraction of sp³-hybridized carbons (Fsp3) is 0.310. The molecular weight excluding hydrogens is 502 g/mol. The minimum atomic E-state index is -3.97. The number of aryl methyl sites for hydroxylation is 1. The van der Waals surface area contributed by atoms with Crippen molar-refractivity contribution in [3.8, 4) is 0 Å². The Bertz CT molecular complexity index is 1520. The largest absolute Gasteiger partial charge is 0.330 e. The molecule has 3 heterocycles. The van der Waals surface area contributed by atoms with E-state index in [4.69, 9.17) is 0 Å². The molecule has 1 aliphatic rings. The van der Waals surface area contributed by atoms with Gasteiger partial charge in [0.15, 0.2) is 0 Å². The van der Waals surface area contributed by atoms with Gasteiger partial charge in [0, 0.05) is 29.5 Å². The maximum Gasteiger partial charge on any atom is 0.245 e. The summed E-state index contributed by atoms with van der Waals surface area (Å²) in [6, 6.07) is 18.9. The van der Waals surface area contributed by atoms with Gasteiger partial charge in [-0.25, -0.2) is 8.42 Å². The predicted molar refractivity (Wildman–Crippen MR) is 148 cm³/mol. The van der Waals surface area contributed by atoms with Gasteiger partial charge in [0.05, 0.1) is 18.1 Å². The Balaban J connectivity index is 1.51. The van der Waals surface area contributed by atoms with Gasteiger partial charge >= 0.3 is 0 Å². The number of hydrogen-bond acceptors (Lipinski definition) is 5. The number of rotatable bonds is 7. The van der Waals surface area contributed by atoms with Crippen LogP contribution >= 0.6 is 11.3 Å². The van der Waals surface area contributed by atoms with Gasteiger partial charge in [-0.3, -0.25) is 9.78 Å². The standard InChI is InChI=1S/C29H31N3O3S2/c1-20(2)18-31(37(34,35)26-8-4-6-22-7-5-15-30-28(22)26)19-27(33)32-16-13-25-24(14-17-36-25)29(32)23-11-9-21(3)10-12-23/h4-12,14-15,17,20,29H,13,16,18-19H2,1-3H3. The second kappa shape index (κ2) is 10.4.